The van der Waals surface area contributed by atoms with Crippen molar-refractivity contribution in [3.8, 4) is 16.9 Å². The molecule has 0 aliphatic rings. The molecule has 2 aromatic rings. The Morgan fingerprint density at radius 2 is 1.85 bits per heavy atom. The van der Waals surface area contributed by atoms with Crippen LogP contribution in [0.3, 0.4) is 0 Å². The number of nitrogens with one attached hydrogen (secondary N) is 1. The quantitative estimate of drug-likeness (QED) is 0.742. The molecule has 1 aromatic carbocycles. The van der Waals surface area contributed by atoms with Gasteiger partial charge in [0, 0.05) is 18.0 Å². The lowest BCUT2D eigenvalue weighted by Gasteiger charge is -2.01. The van der Waals surface area contributed by atoms with Crippen LogP contribution in [-0.2, 0) is 0 Å². The number of benzene rings is 1. The molecule has 66 valence electrons. The molecule has 0 atom stereocenters. The molecular weight excluding hydrogens is 162 g/mol. The maximum Gasteiger partial charge on any atom is 0.144 e. The monoisotopic (exact) mass is 173 g/mol. The van der Waals surface area contributed by atoms with Crippen molar-refractivity contribution in [2.45, 2.75) is 0 Å². The van der Waals surface area contributed by atoms with Gasteiger partial charge in [0.1, 0.15) is 5.75 Å². The van der Waals surface area contributed by atoms with E-state index >= 15 is 0 Å². The van der Waals surface area contributed by atoms with E-state index in [4.69, 9.17) is 4.74 Å². The summed E-state index contributed by atoms with van der Waals surface area (Å²) in [5.41, 5.74) is 2.27. The molecule has 1 N–H and O–H groups in total. The van der Waals surface area contributed by atoms with Crippen molar-refractivity contribution < 1.29 is 4.74 Å². The van der Waals surface area contributed by atoms with Crippen LogP contribution >= 0.6 is 0 Å². The van der Waals surface area contributed by atoms with E-state index in [1.807, 2.05) is 30.6 Å². The first-order chi connectivity index (χ1) is 6.42. The molecule has 0 fully saturated rings. The molecule has 0 spiro atoms. The first-order valence-corrected chi connectivity index (χ1v) is 4.18. The number of aromatic nitrogens is 1. The molecule has 0 amide bonds. The summed E-state index contributed by atoms with van der Waals surface area (Å²) in [4.78, 5) is 3.02. The van der Waals surface area contributed by atoms with Gasteiger partial charge in [-0.15, -0.1) is 0 Å². The van der Waals surface area contributed by atoms with E-state index in [1.165, 1.54) is 5.56 Å². The van der Waals surface area contributed by atoms with Crippen molar-refractivity contribution in [3.05, 3.63) is 42.7 Å². The van der Waals surface area contributed by atoms with Crippen molar-refractivity contribution in [3.63, 3.8) is 0 Å². The topological polar surface area (TPSA) is 25.0 Å². The summed E-state index contributed by atoms with van der Waals surface area (Å²) in [5, 5.41) is 0. The third kappa shape index (κ3) is 1.43. The van der Waals surface area contributed by atoms with Gasteiger partial charge in [0.25, 0.3) is 0 Å². The fourth-order valence-electron chi connectivity index (χ4n) is 1.36. The Kier molecular flexibility index (Phi) is 2.04. The Bertz CT molecular complexity index is 378. The predicted molar refractivity (Wildman–Crippen MR) is 52.8 cm³/mol. The molecule has 0 bridgehead atoms. The normalized spacial score (nSPS) is 9.92. The van der Waals surface area contributed by atoms with Crippen LogP contribution in [0.25, 0.3) is 11.1 Å². The minimum atomic E-state index is 0.881. The molecule has 0 saturated carbocycles. The third-order valence-corrected chi connectivity index (χ3v) is 2.01. The zero-order valence-electron chi connectivity index (χ0n) is 7.45. The largest absolute Gasteiger partial charge is 0.495 e. The second-order valence-corrected chi connectivity index (χ2v) is 2.80. The van der Waals surface area contributed by atoms with E-state index in [0.29, 0.717) is 0 Å². The number of H-pyrrole nitrogens is 1. The summed E-state index contributed by atoms with van der Waals surface area (Å²) < 4.78 is 5.21. The summed E-state index contributed by atoms with van der Waals surface area (Å²) in [6.45, 7) is 0. The average molecular weight is 173 g/mol. The van der Waals surface area contributed by atoms with E-state index in [0.717, 1.165) is 11.3 Å². The standard InChI is InChI=1S/C11H11NO/c1-13-11-8-12-7-10(11)9-5-3-2-4-6-9/h2-8,12H,1H3. The van der Waals surface area contributed by atoms with Gasteiger partial charge in [-0.05, 0) is 5.56 Å². The van der Waals surface area contributed by atoms with E-state index in [9.17, 15) is 0 Å². The van der Waals surface area contributed by atoms with Gasteiger partial charge in [-0.3, -0.25) is 0 Å². The highest BCUT2D eigenvalue weighted by molar-refractivity contribution is 5.69. The lowest BCUT2D eigenvalue weighted by atomic mass is 10.1. The van der Waals surface area contributed by atoms with Crippen molar-refractivity contribution in [1.29, 1.82) is 0 Å². The van der Waals surface area contributed by atoms with Gasteiger partial charge in [0.05, 0.1) is 7.11 Å². The van der Waals surface area contributed by atoms with Gasteiger partial charge in [-0.25, -0.2) is 0 Å². The van der Waals surface area contributed by atoms with Gasteiger partial charge >= 0.3 is 0 Å². The van der Waals surface area contributed by atoms with E-state index in [1.54, 1.807) is 7.11 Å². The van der Waals surface area contributed by atoms with Crippen LogP contribution in [0.4, 0.5) is 0 Å². The van der Waals surface area contributed by atoms with Crippen molar-refractivity contribution in [1.82, 2.24) is 4.98 Å². The Labute approximate surface area is 77.2 Å². The molecular formula is C11H11NO. The highest BCUT2D eigenvalue weighted by Gasteiger charge is 2.04. The molecule has 2 rings (SSSR count). The minimum absolute atomic E-state index is 0.881. The predicted octanol–water partition coefficient (Wildman–Crippen LogP) is 2.69. The molecule has 0 aliphatic carbocycles. The van der Waals surface area contributed by atoms with Crippen LogP contribution in [0.15, 0.2) is 42.7 Å². The van der Waals surface area contributed by atoms with Crippen LogP contribution in [0.2, 0.25) is 0 Å². The van der Waals surface area contributed by atoms with E-state index < -0.39 is 0 Å². The Morgan fingerprint density at radius 3 is 2.54 bits per heavy atom. The van der Waals surface area contributed by atoms with E-state index in [2.05, 4.69) is 17.1 Å². The summed E-state index contributed by atoms with van der Waals surface area (Å²) in [6.07, 6.45) is 3.79. The molecule has 2 heteroatoms. The van der Waals surface area contributed by atoms with Crippen LogP contribution in [-0.4, -0.2) is 12.1 Å². The zero-order chi connectivity index (χ0) is 9.10. The average Bonchev–Trinajstić information content (AvgIpc) is 2.67. The maximum atomic E-state index is 5.21. The van der Waals surface area contributed by atoms with Gasteiger partial charge in [0.2, 0.25) is 0 Å². The molecule has 13 heavy (non-hydrogen) atoms. The van der Waals surface area contributed by atoms with Gasteiger partial charge in [0.15, 0.2) is 0 Å². The minimum Gasteiger partial charge on any atom is -0.495 e. The number of methoxy groups -OCH3 is 1. The van der Waals surface area contributed by atoms with Crippen LogP contribution in [0, 0.1) is 0 Å². The Hall–Kier alpha value is -1.70. The fraction of sp³-hybridized carbons (Fsp3) is 0.0909. The molecule has 1 heterocycles. The summed E-state index contributed by atoms with van der Waals surface area (Å²) >= 11 is 0. The highest BCUT2D eigenvalue weighted by atomic mass is 16.5. The molecule has 0 radical (unpaired) electrons. The van der Waals surface area contributed by atoms with Gasteiger partial charge in [-0.1, -0.05) is 30.3 Å². The van der Waals surface area contributed by atoms with Crippen LogP contribution < -0.4 is 4.74 Å². The lowest BCUT2D eigenvalue weighted by molar-refractivity contribution is 0.417. The first-order valence-electron chi connectivity index (χ1n) is 4.18. The Morgan fingerprint density at radius 1 is 1.08 bits per heavy atom. The molecule has 0 unspecified atom stereocenters. The van der Waals surface area contributed by atoms with Crippen LogP contribution in [0.1, 0.15) is 0 Å². The Balaban J connectivity index is 2.47. The number of hydrogen-bond acceptors (Lipinski definition) is 1. The first kappa shape index (κ1) is 7.92. The smallest absolute Gasteiger partial charge is 0.144 e. The van der Waals surface area contributed by atoms with Gasteiger partial charge < -0.3 is 9.72 Å². The highest BCUT2D eigenvalue weighted by Crippen LogP contribution is 2.28. The SMILES string of the molecule is COc1c[nH]cc1-c1ccccc1. The third-order valence-electron chi connectivity index (χ3n) is 2.01. The fourth-order valence-corrected chi connectivity index (χ4v) is 1.36. The number of ether oxygens (including phenoxy) is 1. The summed E-state index contributed by atoms with van der Waals surface area (Å²) in [7, 11) is 1.68. The lowest BCUT2D eigenvalue weighted by Crippen LogP contribution is -1.82. The second kappa shape index (κ2) is 3.35. The summed E-state index contributed by atoms with van der Waals surface area (Å²) in [6, 6.07) is 10.2. The number of rotatable bonds is 2. The maximum absolute atomic E-state index is 5.21. The zero-order valence-corrected chi connectivity index (χ0v) is 7.45. The molecule has 0 saturated heterocycles. The molecule has 1 aromatic heterocycles. The number of aromatic amines is 1. The number of hydrogen-bond donors (Lipinski definition) is 1. The van der Waals surface area contributed by atoms with Crippen molar-refractivity contribution in [2.75, 3.05) is 7.11 Å². The molecule has 0 aliphatic heterocycles. The summed E-state index contributed by atoms with van der Waals surface area (Å²) in [5.74, 6) is 0.881. The second-order valence-electron chi connectivity index (χ2n) is 2.80. The molecule has 2 nitrogen and oxygen atoms in total. The van der Waals surface area contributed by atoms with Gasteiger partial charge in [-0.2, -0.15) is 0 Å². The van der Waals surface area contributed by atoms with Crippen LogP contribution in [0.5, 0.6) is 5.75 Å². The van der Waals surface area contributed by atoms with Crippen molar-refractivity contribution in [2.24, 2.45) is 0 Å². The van der Waals surface area contributed by atoms with E-state index in [-0.39, 0.29) is 0 Å². The van der Waals surface area contributed by atoms with Crippen molar-refractivity contribution >= 4 is 0 Å².